The topological polar surface area (TPSA) is 33.6 Å². The van der Waals surface area contributed by atoms with Gasteiger partial charge in [0, 0.05) is 25.4 Å². The number of nitrogens with zero attached hydrogens (tertiary/aromatic N) is 1. The molecule has 2 atom stereocenters. The predicted molar refractivity (Wildman–Crippen MR) is 65.5 cm³/mol. The highest BCUT2D eigenvalue weighted by atomic mass is 32.2. The van der Waals surface area contributed by atoms with Gasteiger partial charge in [0.2, 0.25) is 0 Å². The summed E-state index contributed by atoms with van der Waals surface area (Å²) in [4.78, 5) is 4.51. The molecule has 86 valence electrons. The molecule has 15 heavy (non-hydrogen) atoms. The minimum absolute atomic E-state index is 0.404. The van der Waals surface area contributed by atoms with Gasteiger partial charge in [0.1, 0.15) is 0 Å². The van der Waals surface area contributed by atoms with Gasteiger partial charge in [-0.2, -0.15) is 0 Å². The number of aliphatic imine (C=N–C) groups is 1. The molecule has 0 aromatic heterocycles. The highest BCUT2D eigenvalue weighted by molar-refractivity contribution is 8.13. The molecule has 2 aliphatic heterocycles. The fraction of sp³-hybridized carbons (Fsp3) is 0.909. The fourth-order valence-electron chi connectivity index (χ4n) is 1.83. The monoisotopic (exact) mass is 228 g/mol. The van der Waals surface area contributed by atoms with Crippen LogP contribution in [0.1, 0.15) is 26.2 Å². The van der Waals surface area contributed by atoms with E-state index in [9.17, 15) is 0 Å². The Hall–Kier alpha value is -0.220. The van der Waals surface area contributed by atoms with Crippen LogP contribution in [-0.4, -0.2) is 36.7 Å². The highest BCUT2D eigenvalue weighted by Gasteiger charge is 2.16. The minimum Gasteiger partial charge on any atom is -0.376 e. The van der Waals surface area contributed by atoms with E-state index in [1.807, 2.05) is 11.8 Å². The molecule has 2 rings (SSSR count). The molecule has 1 N–H and O–H groups in total. The number of hydrogen-bond donors (Lipinski definition) is 1. The van der Waals surface area contributed by atoms with Crippen LogP contribution in [0.3, 0.4) is 0 Å². The van der Waals surface area contributed by atoms with Crippen molar-refractivity contribution < 1.29 is 4.74 Å². The lowest BCUT2D eigenvalue weighted by atomic mass is 10.1. The summed E-state index contributed by atoms with van der Waals surface area (Å²) >= 11 is 1.84. The molecule has 0 saturated carbocycles. The van der Waals surface area contributed by atoms with Crippen molar-refractivity contribution in [2.75, 3.05) is 25.4 Å². The van der Waals surface area contributed by atoms with E-state index in [1.54, 1.807) is 0 Å². The van der Waals surface area contributed by atoms with E-state index >= 15 is 0 Å². The molecule has 2 heterocycles. The molecule has 2 aliphatic rings. The van der Waals surface area contributed by atoms with E-state index in [4.69, 9.17) is 4.74 Å². The standard InChI is InChI=1S/C11H20N2OS/c1-9-6-12-11(15-8-9)13-7-10-4-2-3-5-14-10/h9-10H,2-8H2,1H3,(H,12,13). The number of ether oxygens (including phenoxy) is 1. The van der Waals surface area contributed by atoms with Gasteiger partial charge in [-0.3, -0.25) is 4.99 Å². The molecule has 4 heteroatoms. The van der Waals surface area contributed by atoms with Gasteiger partial charge in [0.05, 0.1) is 6.10 Å². The summed E-state index contributed by atoms with van der Waals surface area (Å²) in [5.41, 5.74) is 0. The number of amidine groups is 1. The largest absolute Gasteiger partial charge is 0.376 e. The Bertz CT molecular complexity index is 227. The van der Waals surface area contributed by atoms with Gasteiger partial charge in [-0.1, -0.05) is 18.7 Å². The Balaban J connectivity index is 1.68. The lowest BCUT2D eigenvalue weighted by Crippen LogP contribution is -2.35. The maximum absolute atomic E-state index is 5.66. The third-order valence-electron chi connectivity index (χ3n) is 2.81. The van der Waals surface area contributed by atoms with Gasteiger partial charge in [0.15, 0.2) is 5.17 Å². The highest BCUT2D eigenvalue weighted by Crippen LogP contribution is 2.16. The summed E-state index contributed by atoms with van der Waals surface area (Å²) < 4.78 is 5.66. The molecule has 3 nitrogen and oxygen atoms in total. The second kappa shape index (κ2) is 5.75. The normalized spacial score (nSPS) is 32.2. The van der Waals surface area contributed by atoms with Crippen LogP contribution in [0.4, 0.5) is 0 Å². The molecule has 0 aromatic carbocycles. The molecular weight excluding hydrogens is 208 g/mol. The summed E-state index contributed by atoms with van der Waals surface area (Å²) in [6.07, 6.45) is 4.13. The van der Waals surface area contributed by atoms with Crippen molar-refractivity contribution in [2.24, 2.45) is 10.9 Å². The van der Waals surface area contributed by atoms with Crippen molar-refractivity contribution in [3.8, 4) is 0 Å². The predicted octanol–water partition coefficient (Wildman–Crippen LogP) is 1.88. The first-order valence-electron chi connectivity index (χ1n) is 5.87. The van der Waals surface area contributed by atoms with E-state index in [0.717, 1.165) is 30.8 Å². The molecule has 0 spiro atoms. The Kier molecular flexibility index (Phi) is 4.32. The van der Waals surface area contributed by atoms with Crippen LogP contribution in [0.25, 0.3) is 0 Å². The summed E-state index contributed by atoms with van der Waals surface area (Å²) in [6, 6.07) is 0. The van der Waals surface area contributed by atoms with Crippen LogP contribution in [0.2, 0.25) is 0 Å². The van der Waals surface area contributed by atoms with E-state index < -0.39 is 0 Å². The van der Waals surface area contributed by atoms with Crippen LogP contribution in [-0.2, 0) is 4.74 Å². The molecule has 2 unspecified atom stereocenters. The zero-order valence-electron chi connectivity index (χ0n) is 9.37. The van der Waals surface area contributed by atoms with Gasteiger partial charge >= 0.3 is 0 Å². The van der Waals surface area contributed by atoms with Crippen LogP contribution in [0.5, 0.6) is 0 Å². The van der Waals surface area contributed by atoms with Crippen molar-refractivity contribution in [1.82, 2.24) is 5.32 Å². The lowest BCUT2D eigenvalue weighted by Gasteiger charge is -2.24. The average molecular weight is 228 g/mol. The second-order valence-electron chi connectivity index (χ2n) is 4.43. The summed E-state index contributed by atoms with van der Waals surface area (Å²) in [6.45, 7) is 5.08. The number of rotatable bonds is 2. The van der Waals surface area contributed by atoms with E-state index in [-0.39, 0.29) is 0 Å². The molecule has 1 fully saturated rings. The van der Waals surface area contributed by atoms with E-state index in [1.165, 1.54) is 25.0 Å². The quantitative estimate of drug-likeness (QED) is 0.783. The maximum atomic E-state index is 5.66. The Labute approximate surface area is 96.1 Å². The van der Waals surface area contributed by atoms with E-state index in [2.05, 4.69) is 17.2 Å². The molecular formula is C11H20N2OS. The zero-order chi connectivity index (χ0) is 10.5. The Morgan fingerprint density at radius 2 is 2.47 bits per heavy atom. The van der Waals surface area contributed by atoms with Gasteiger partial charge in [-0.05, 0) is 25.2 Å². The van der Waals surface area contributed by atoms with Crippen molar-refractivity contribution >= 4 is 16.9 Å². The number of hydrogen-bond acceptors (Lipinski definition) is 4. The summed E-state index contributed by atoms with van der Waals surface area (Å²) in [5.74, 6) is 1.92. The smallest absolute Gasteiger partial charge is 0.156 e. The lowest BCUT2D eigenvalue weighted by molar-refractivity contribution is 0.0196. The SMILES string of the molecule is CC1CN=C(NCC2CCCCO2)SC1. The van der Waals surface area contributed by atoms with Gasteiger partial charge in [0.25, 0.3) is 0 Å². The molecule has 0 radical (unpaired) electrons. The van der Waals surface area contributed by atoms with Crippen LogP contribution in [0, 0.1) is 5.92 Å². The van der Waals surface area contributed by atoms with Gasteiger partial charge < -0.3 is 10.1 Å². The van der Waals surface area contributed by atoms with Gasteiger partial charge in [-0.25, -0.2) is 0 Å². The van der Waals surface area contributed by atoms with Crippen molar-refractivity contribution in [1.29, 1.82) is 0 Å². The molecule has 0 aliphatic carbocycles. The summed E-state index contributed by atoms with van der Waals surface area (Å²) in [7, 11) is 0. The Morgan fingerprint density at radius 3 is 3.13 bits per heavy atom. The first kappa shape index (κ1) is 11.3. The number of nitrogens with one attached hydrogen (secondary N) is 1. The van der Waals surface area contributed by atoms with Crippen molar-refractivity contribution in [3.05, 3.63) is 0 Å². The van der Waals surface area contributed by atoms with Crippen LogP contribution in [0.15, 0.2) is 4.99 Å². The zero-order valence-corrected chi connectivity index (χ0v) is 10.2. The average Bonchev–Trinajstić information content (AvgIpc) is 2.30. The third-order valence-corrected chi connectivity index (χ3v) is 4.09. The third kappa shape index (κ3) is 3.68. The summed E-state index contributed by atoms with van der Waals surface area (Å²) in [5, 5.41) is 4.51. The fourth-order valence-corrected chi connectivity index (χ4v) is 2.73. The molecule has 1 saturated heterocycles. The van der Waals surface area contributed by atoms with Gasteiger partial charge in [-0.15, -0.1) is 0 Å². The van der Waals surface area contributed by atoms with Crippen LogP contribution >= 0.6 is 11.8 Å². The first-order chi connectivity index (χ1) is 7.34. The molecule has 0 bridgehead atoms. The number of thioether (sulfide) groups is 1. The van der Waals surface area contributed by atoms with E-state index in [0.29, 0.717) is 6.10 Å². The van der Waals surface area contributed by atoms with Crippen LogP contribution < -0.4 is 5.32 Å². The molecule has 0 aromatic rings. The second-order valence-corrected chi connectivity index (χ2v) is 5.44. The minimum atomic E-state index is 0.404. The molecule has 0 amide bonds. The Morgan fingerprint density at radius 1 is 1.53 bits per heavy atom. The van der Waals surface area contributed by atoms with Crippen molar-refractivity contribution in [3.63, 3.8) is 0 Å². The van der Waals surface area contributed by atoms with Crippen molar-refractivity contribution in [2.45, 2.75) is 32.3 Å². The first-order valence-corrected chi connectivity index (χ1v) is 6.86. The maximum Gasteiger partial charge on any atom is 0.156 e.